The Balaban J connectivity index is 1.62. The summed E-state index contributed by atoms with van der Waals surface area (Å²) in [5.74, 6) is -1.44. The molecule has 4 aromatic rings. The highest BCUT2D eigenvalue weighted by atomic mass is 19.1. The highest BCUT2D eigenvalue weighted by Crippen LogP contribution is 2.35. The lowest BCUT2D eigenvalue weighted by Gasteiger charge is -2.30. The van der Waals surface area contributed by atoms with Gasteiger partial charge in [0.25, 0.3) is 0 Å². The van der Waals surface area contributed by atoms with Gasteiger partial charge < -0.3 is 14.6 Å². The predicted molar refractivity (Wildman–Crippen MR) is 106 cm³/mol. The van der Waals surface area contributed by atoms with E-state index in [-0.39, 0.29) is 10.9 Å². The second kappa shape index (κ2) is 6.55. The molecule has 0 unspecified atom stereocenters. The van der Waals surface area contributed by atoms with E-state index in [9.17, 15) is 13.6 Å². The van der Waals surface area contributed by atoms with Gasteiger partial charge >= 0.3 is 5.97 Å². The third-order valence-corrected chi connectivity index (χ3v) is 5.51. The minimum absolute atomic E-state index is 0.0280. The maximum atomic E-state index is 14.6. The Bertz CT molecular complexity index is 1280. The number of pyridine rings is 1. The molecule has 5 rings (SSSR count). The molecule has 1 aliphatic heterocycles. The molecule has 1 N–H and O–H groups in total. The van der Waals surface area contributed by atoms with Gasteiger partial charge in [0.1, 0.15) is 17.2 Å². The van der Waals surface area contributed by atoms with Gasteiger partial charge in [0, 0.05) is 47.9 Å². The van der Waals surface area contributed by atoms with Crippen molar-refractivity contribution in [3.63, 3.8) is 0 Å². The third-order valence-electron chi connectivity index (χ3n) is 5.51. The first-order valence-electron chi connectivity index (χ1n) is 9.26. The summed E-state index contributed by atoms with van der Waals surface area (Å²) < 4.78 is 33.6. The standard InChI is InChI=1S/C22H17F2N3O2/c1-29-22(28)12-2-5-17-13(10-12)14-11-27(9-7-18(14)26-17)19-6-8-25-21-16(24)4-3-15(23)20(19)21/h2-6,8,10,26H,7,9,11H2,1H3. The van der Waals surface area contributed by atoms with Crippen molar-refractivity contribution in [2.45, 2.75) is 13.0 Å². The summed E-state index contributed by atoms with van der Waals surface area (Å²) >= 11 is 0. The van der Waals surface area contributed by atoms with Gasteiger partial charge in [-0.15, -0.1) is 0 Å². The summed E-state index contributed by atoms with van der Waals surface area (Å²) in [6, 6.07) is 9.34. The number of anilines is 1. The number of methoxy groups -OCH3 is 1. The second-order valence-corrected chi connectivity index (χ2v) is 7.09. The van der Waals surface area contributed by atoms with Gasteiger partial charge in [-0.1, -0.05) is 0 Å². The van der Waals surface area contributed by atoms with E-state index in [1.807, 2.05) is 17.0 Å². The van der Waals surface area contributed by atoms with Crippen LogP contribution in [0, 0.1) is 11.6 Å². The number of aromatic amines is 1. The maximum Gasteiger partial charge on any atom is 0.337 e. The summed E-state index contributed by atoms with van der Waals surface area (Å²) in [4.78, 5) is 21.4. The Kier molecular flexibility index (Phi) is 3.97. The van der Waals surface area contributed by atoms with E-state index in [2.05, 4.69) is 9.97 Å². The largest absolute Gasteiger partial charge is 0.465 e. The summed E-state index contributed by atoms with van der Waals surface area (Å²) in [6.07, 6.45) is 2.22. The molecule has 0 bridgehead atoms. The van der Waals surface area contributed by atoms with Crippen molar-refractivity contribution in [3.8, 4) is 0 Å². The van der Waals surface area contributed by atoms with Crippen LogP contribution in [0.4, 0.5) is 14.5 Å². The van der Waals surface area contributed by atoms with Crippen molar-refractivity contribution >= 4 is 33.5 Å². The van der Waals surface area contributed by atoms with Crippen LogP contribution in [0.5, 0.6) is 0 Å². The number of carbonyl (C=O) groups excluding carboxylic acids is 1. The van der Waals surface area contributed by atoms with E-state index >= 15 is 0 Å². The van der Waals surface area contributed by atoms with Crippen LogP contribution in [0.3, 0.4) is 0 Å². The molecule has 2 aromatic carbocycles. The van der Waals surface area contributed by atoms with Crippen LogP contribution < -0.4 is 4.90 Å². The van der Waals surface area contributed by atoms with Crippen molar-refractivity contribution < 1.29 is 18.3 Å². The van der Waals surface area contributed by atoms with Crippen molar-refractivity contribution in [2.75, 3.05) is 18.6 Å². The number of carbonyl (C=O) groups is 1. The second-order valence-electron chi connectivity index (χ2n) is 7.09. The van der Waals surface area contributed by atoms with Crippen LogP contribution in [0.1, 0.15) is 21.6 Å². The SMILES string of the molecule is COC(=O)c1ccc2[nH]c3c(c2c1)CN(c1ccnc2c(F)ccc(F)c12)CC3. The Hall–Kier alpha value is -3.48. The maximum absolute atomic E-state index is 14.6. The van der Waals surface area contributed by atoms with Crippen molar-refractivity contribution in [2.24, 2.45) is 0 Å². The van der Waals surface area contributed by atoms with E-state index < -0.39 is 17.6 Å². The quantitative estimate of drug-likeness (QED) is 0.515. The fourth-order valence-electron chi connectivity index (χ4n) is 4.10. The number of nitrogens with zero attached hydrogens (tertiary/aromatic N) is 2. The van der Waals surface area contributed by atoms with Gasteiger partial charge in [0.05, 0.1) is 23.7 Å². The first-order valence-corrected chi connectivity index (χ1v) is 9.26. The number of fused-ring (bicyclic) bond motifs is 4. The summed E-state index contributed by atoms with van der Waals surface area (Å²) in [5, 5.41) is 1.11. The Morgan fingerprint density at radius 3 is 2.83 bits per heavy atom. The normalized spacial score (nSPS) is 13.7. The third kappa shape index (κ3) is 2.73. The Morgan fingerprint density at radius 1 is 1.17 bits per heavy atom. The first kappa shape index (κ1) is 17.6. The summed E-state index contributed by atoms with van der Waals surface area (Å²) in [7, 11) is 1.35. The molecule has 146 valence electrons. The molecule has 3 heterocycles. The molecular weight excluding hydrogens is 376 g/mol. The number of rotatable bonds is 2. The lowest BCUT2D eigenvalue weighted by Crippen LogP contribution is -2.30. The molecule has 0 aliphatic carbocycles. The van der Waals surface area contributed by atoms with Crippen LogP contribution >= 0.6 is 0 Å². The molecule has 0 saturated carbocycles. The highest BCUT2D eigenvalue weighted by molar-refractivity contribution is 5.97. The molecule has 7 heteroatoms. The monoisotopic (exact) mass is 393 g/mol. The molecule has 0 fully saturated rings. The molecule has 2 aromatic heterocycles. The van der Waals surface area contributed by atoms with Crippen LogP contribution in [-0.4, -0.2) is 29.6 Å². The fourth-order valence-corrected chi connectivity index (χ4v) is 4.10. The molecule has 29 heavy (non-hydrogen) atoms. The van der Waals surface area contributed by atoms with Crippen LogP contribution in [0.15, 0.2) is 42.6 Å². The zero-order chi connectivity index (χ0) is 20.1. The molecule has 0 amide bonds. The van der Waals surface area contributed by atoms with Gasteiger partial charge in [-0.2, -0.15) is 0 Å². The van der Waals surface area contributed by atoms with Gasteiger partial charge in [-0.25, -0.2) is 13.6 Å². The minimum Gasteiger partial charge on any atom is -0.465 e. The van der Waals surface area contributed by atoms with Gasteiger partial charge in [-0.05, 0) is 36.4 Å². The van der Waals surface area contributed by atoms with Crippen LogP contribution in [-0.2, 0) is 17.7 Å². The van der Waals surface area contributed by atoms with Gasteiger partial charge in [-0.3, -0.25) is 4.98 Å². The van der Waals surface area contributed by atoms with E-state index in [0.29, 0.717) is 24.3 Å². The molecule has 0 atom stereocenters. The lowest BCUT2D eigenvalue weighted by atomic mass is 10.0. The smallest absolute Gasteiger partial charge is 0.337 e. The number of aromatic nitrogens is 2. The van der Waals surface area contributed by atoms with Crippen molar-refractivity contribution in [1.82, 2.24) is 9.97 Å². The number of benzene rings is 2. The van der Waals surface area contributed by atoms with Gasteiger partial charge in [0.2, 0.25) is 0 Å². The molecule has 0 spiro atoms. The molecular formula is C22H17F2N3O2. The summed E-state index contributed by atoms with van der Waals surface area (Å²) in [5.41, 5.74) is 4.17. The zero-order valence-corrected chi connectivity index (χ0v) is 15.6. The van der Waals surface area contributed by atoms with E-state index in [1.54, 1.807) is 12.1 Å². The Morgan fingerprint density at radius 2 is 2.00 bits per heavy atom. The molecule has 0 saturated heterocycles. The number of esters is 1. The fraction of sp³-hybridized carbons (Fsp3) is 0.182. The van der Waals surface area contributed by atoms with E-state index in [1.165, 1.54) is 13.3 Å². The van der Waals surface area contributed by atoms with Gasteiger partial charge in [0.15, 0.2) is 0 Å². The summed E-state index contributed by atoms with van der Waals surface area (Å²) in [6.45, 7) is 1.16. The number of hydrogen-bond acceptors (Lipinski definition) is 4. The molecule has 1 aliphatic rings. The minimum atomic E-state index is -0.546. The van der Waals surface area contributed by atoms with E-state index in [0.717, 1.165) is 40.7 Å². The predicted octanol–water partition coefficient (Wildman–Crippen LogP) is 4.34. The number of ether oxygens (including phenoxy) is 1. The highest BCUT2D eigenvalue weighted by Gasteiger charge is 2.24. The lowest BCUT2D eigenvalue weighted by molar-refractivity contribution is 0.0601. The van der Waals surface area contributed by atoms with Crippen molar-refractivity contribution in [1.29, 1.82) is 0 Å². The van der Waals surface area contributed by atoms with E-state index in [4.69, 9.17) is 4.74 Å². The first-order chi connectivity index (χ1) is 14.1. The topological polar surface area (TPSA) is 58.2 Å². The number of halogens is 2. The molecule has 0 radical (unpaired) electrons. The van der Waals surface area contributed by atoms with Crippen LogP contribution in [0.25, 0.3) is 21.8 Å². The molecule has 5 nitrogen and oxygen atoms in total. The average molecular weight is 393 g/mol. The van der Waals surface area contributed by atoms with Crippen molar-refractivity contribution in [3.05, 3.63) is 71.1 Å². The average Bonchev–Trinajstić information content (AvgIpc) is 3.12. The number of H-pyrrole nitrogens is 1. The zero-order valence-electron chi connectivity index (χ0n) is 15.6. The Labute approximate surface area is 164 Å². The van der Waals surface area contributed by atoms with Crippen LogP contribution in [0.2, 0.25) is 0 Å². The number of hydrogen-bond donors (Lipinski definition) is 1. The number of nitrogens with one attached hydrogen (secondary N) is 1.